The normalized spacial score (nSPS) is 14.5. The molecule has 3 rings (SSSR count). The predicted octanol–water partition coefficient (Wildman–Crippen LogP) is 2.69. The average Bonchev–Trinajstić information content (AvgIpc) is 2.39. The molecule has 0 radical (unpaired) electrons. The highest BCUT2D eigenvalue weighted by atomic mass is 35.5. The van der Waals surface area contributed by atoms with Crippen molar-refractivity contribution < 1.29 is 0 Å². The van der Waals surface area contributed by atoms with Gasteiger partial charge < -0.3 is 4.90 Å². The summed E-state index contributed by atoms with van der Waals surface area (Å²) in [5.74, 6) is 0. The lowest BCUT2D eigenvalue weighted by Gasteiger charge is -2.29. The zero-order chi connectivity index (χ0) is 11.7. The first-order valence-corrected chi connectivity index (χ1v) is 6.01. The van der Waals surface area contributed by atoms with Crippen LogP contribution in [0.15, 0.2) is 36.5 Å². The van der Waals surface area contributed by atoms with E-state index in [0.717, 1.165) is 25.2 Å². The summed E-state index contributed by atoms with van der Waals surface area (Å²) >= 11 is 5.79. The second kappa shape index (κ2) is 4.34. The number of aromatic nitrogens is 2. The Kier molecular flexibility index (Phi) is 2.69. The van der Waals surface area contributed by atoms with E-state index in [4.69, 9.17) is 11.6 Å². The second-order valence-electron chi connectivity index (χ2n) is 4.12. The number of nitrogens with zero attached hydrogens (tertiary/aromatic N) is 3. The second-order valence-corrected chi connectivity index (χ2v) is 4.46. The fourth-order valence-electron chi connectivity index (χ4n) is 2.15. The molecule has 0 unspecified atom stereocenters. The molecule has 0 saturated carbocycles. The van der Waals surface area contributed by atoms with Gasteiger partial charge in [0.2, 0.25) is 5.28 Å². The van der Waals surface area contributed by atoms with Crippen LogP contribution in [0, 0.1) is 0 Å². The third-order valence-electron chi connectivity index (χ3n) is 3.03. The van der Waals surface area contributed by atoms with Gasteiger partial charge in [0.25, 0.3) is 0 Å². The van der Waals surface area contributed by atoms with Crippen molar-refractivity contribution >= 4 is 17.3 Å². The topological polar surface area (TPSA) is 29.0 Å². The van der Waals surface area contributed by atoms with Crippen LogP contribution in [0.1, 0.15) is 11.3 Å². The molecular formula is C13H12ClN3. The Morgan fingerprint density at radius 1 is 1.18 bits per heavy atom. The third kappa shape index (κ3) is 2.11. The summed E-state index contributed by atoms with van der Waals surface area (Å²) in [7, 11) is 0. The minimum Gasteiger partial charge on any atom is -0.367 e. The van der Waals surface area contributed by atoms with Gasteiger partial charge in [-0.25, -0.2) is 9.97 Å². The predicted molar refractivity (Wildman–Crippen MR) is 68.2 cm³/mol. The SMILES string of the molecule is Clc1ncc2c(n1)CCN(c1ccccc1)C2. The van der Waals surface area contributed by atoms with E-state index in [1.807, 2.05) is 12.3 Å². The maximum Gasteiger partial charge on any atom is 0.222 e. The van der Waals surface area contributed by atoms with Crippen molar-refractivity contribution in [3.05, 3.63) is 53.1 Å². The summed E-state index contributed by atoms with van der Waals surface area (Å²) in [5, 5.41) is 0.344. The first kappa shape index (κ1) is 10.5. The van der Waals surface area contributed by atoms with E-state index in [1.54, 1.807) is 0 Å². The molecule has 0 spiro atoms. The van der Waals surface area contributed by atoms with Gasteiger partial charge in [0, 0.05) is 37.0 Å². The first-order chi connectivity index (χ1) is 8.33. The molecule has 1 aliphatic rings. The molecule has 1 aliphatic heterocycles. The highest BCUT2D eigenvalue weighted by Gasteiger charge is 2.18. The Bertz CT molecular complexity index is 527. The largest absolute Gasteiger partial charge is 0.367 e. The van der Waals surface area contributed by atoms with Gasteiger partial charge in [0.15, 0.2) is 0 Å². The van der Waals surface area contributed by atoms with E-state index in [1.165, 1.54) is 11.3 Å². The van der Waals surface area contributed by atoms with Gasteiger partial charge in [-0.05, 0) is 23.7 Å². The van der Waals surface area contributed by atoms with E-state index in [-0.39, 0.29) is 0 Å². The van der Waals surface area contributed by atoms with Crippen molar-refractivity contribution in [1.82, 2.24) is 9.97 Å². The molecule has 0 atom stereocenters. The van der Waals surface area contributed by atoms with Crippen molar-refractivity contribution in [2.24, 2.45) is 0 Å². The lowest BCUT2D eigenvalue weighted by atomic mass is 10.1. The van der Waals surface area contributed by atoms with Crippen LogP contribution in [-0.2, 0) is 13.0 Å². The number of fused-ring (bicyclic) bond motifs is 1. The highest BCUT2D eigenvalue weighted by Crippen LogP contribution is 2.23. The van der Waals surface area contributed by atoms with Crippen molar-refractivity contribution in [2.75, 3.05) is 11.4 Å². The maximum atomic E-state index is 5.79. The van der Waals surface area contributed by atoms with Crippen molar-refractivity contribution in [1.29, 1.82) is 0 Å². The first-order valence-electron chi connectivity index (χ1n) is 5.63. The smallest absolute Gasteiger partial charge is 0.222 e. The Morgan fingerprint density at radius 3 is 2.82 bits per heavy atom. The fraction of sp³-hybridized carbons (Fsp3) is 0.231. The van der Waals surface area contributed by atoms with Gasteiger partial charge in [0.05, 0.1) is 5.69 Å². The molecule has 0 aliphatic carbocycles. The fourth-order valence-corrected chi connectivity index (χ4v) is 2.30. The summed E-state index contributed by atoms with van der Waals surface area (Å²) in [4.78, 5) is 10.7. The third-order valence-corrected chi connectivity index (χ3v) is 3.21. The number of hydrogen-bond donors (Lipinski definition) is 0. The lowest BCUT2D eigenvalue weighted by Crippen LogP contribution is -2.31. The van der Waals surface area contributed by atoms with Gasteiger partial charge in [-0.3, -0.25) is 0 Å². The van der Waals surface area contributed by atoms with Crippen molar-refractivity contribution in [3.63, 3.8) is 0 Å². The minimum atomic E-state index is 0.344. The molecule has 0 bridgehead atoms. The molecular weight excluding hydrogens is 234 g/mol. The average molecular weight is 246 g/mol. The molecule has 3 nitrogen and oxygen atoms in total. The molecule has 0 N–H and O–H groups in total. The monoisotopic (exact) mass is 245 g/mol. The summed E-state index contributed by atoms with van der Waals surface area (Å²) in [6.45, 7) is 1.83. The number of para-hydroxylation sites is 1. The summed E-state index contributed by atoms with van der Waals surface area (Å²) < 4.78 is 0. The molecule has 0 fully saturated rings. The van der Waals surface area contributed by atoms with Crippen LogP contribution in [-0.4, -0.2) is 16.5 Å². The molecule has 86 valence electrons. The Labute approximate surface area is 105 Å². The van der Waals surface area contributed by atoms with E-state index in [0.29, 0.717) is 5.28 Å². The quantitative estimate of drug-likeness (QED) is 0.724. The summed E-state index contributed by atoms with van der Waals surface area (Å²) in [6.07, 6.45) is 2.76. The number of halogens is 1. The Hall–Kier alpha value is -1.61. The van der Waals surface area contributed by atoms with Crippen LogP contribution in [0.5, 0.6) is 0 Å². The van der Waals surface area contributed by atoms with Crippen molar-refractivity contribution in [3.8, 4) is 0 Å². The van der Waals surface area contributed by atoms with Crippen molar-refractivity contribution in [2.45, 2.75) is 13.0 Å². The summed E-state index contributed by atoms with van der Waals surface area (Å²) in [6, 6.07) is 10.4. The van der Waals surface area contributed by atoms with Gasteiger partial charge in [-0.2, -0.15) is 0 Å². The zero-order valence-electron chi connectivity index (χ0n) is 9.31. The van der Waals surface area contributed by atoms with Gasteiger partial charge in [-0.15, -0.1) is 0 Å². The van der Waals surface area contributed by atoms with E-state index in [2.05, 4.69) is 39.1 Å². The van der Waals surface area contributed by atoms with Gasteiger partial charge >= 0.3 is 0 Å². The number of rotatable bonds is 1. The molecule has 0 amide bonds. The van der Waals surface area contributed by atoms with Crippen LogP contribution in [0.2, 0.25) is 5.28 Å². The van der Waals surface area contributed by atoms with E-state index in [9.17, 15) is 0 Å². The minimum absolute atomic E-state index is 0.344. The molecule has 1 aromatic heterocycles. The Balaban J connectivity index is 1.88. The van der Waals surface area contributed by atoms with Crippen LogP contribution < -0.4 is 4.90 Å². The van der Waals surface area contributed by atoms with Crippen LogP contribution >= 0.6 is 11.6 Å². The summed E-state index contributed by atoms with van der Waals surface area (Å²) in [5.41, 5.74) is 3.50. The van der Waals surface area contributed by atoms with Gasteiger partial charge in [-0.1, -0.05) is 18.2 Å². The molecule has 1 aromatic carbocycles. The van der Waals surface area contributed by atoms with Gasteiger partial charge in [0.1, 0.15) is 0 Å². The standard InChI is InChI=1S/C13H12ClN3/c14-13-15-8-10-9-17(7-6-12(10)16-13)11-4-2-1-3-5-11/h1-5,8H,6-7,9H2. The van der Waals surface area contributed by atoms with Crippen LogP contribution in [0.25, 0.3) is 0 Å². The van der Waals surface area contributed by atoms with E-state index >= 15 is 0 Å². The molecule has 2 aromatic rings. The highest BCUT2D eigenvalue weighted by molar-refractivity contribution is 6.28. The molecule has 0 saturated heterocycles. The maximum absolute atomic E-state index is 5.79. The molecule has 17 heavy (non-hydrogen) atoms. The molecule has 4 heteroatoms. The molecule has 2 heterocycles. The Morgan fingerprint density at radius 2 is 2.00 bits per heavy atom. The van der Waals surface area contributed by atoms with Crippen LogP contribution in [0.3, 0.4) is 0 Å². The zero-order valence-corrected chi connectivity index (χ0v) is 10.1. The number of hydrogen-bond acceptors (Lipinski definition) is 3. The lowest BCUT2D eigenvalue weighted by molar-refractivity contribution is 0.705. The number of anilines is 1. The van der Waals surface area contributed by atoms with Crippen LogP contribution in [0.4, 0.5) is 5.69 Å². The van der Waals surface area contributed by atoms with E-state index < -0.39 is 0 Å². The number of benzene rings is 1.